The molecule has 3 N–H and O–H groups in total. The Morgan fingerprint density at radius 3 is 2.50 bits per heavy atom. The van der Waals surface area contributed by atoms with E-state index in [1.54, 1.807) is 4.90 Å². The lowest BCUT2D eigenvalue weighted by molar-refractivity contribution is -0.120. The summed E-state index contributed by atoms with van der Waals surface area (Å²) in [5.74, 6) is -0.871. The maximum absolute atomic E-state index is 13.4. The minimum atomic E-state index is -4.07. The molecule has 0 spiro atoms. The summed E-state index contributed by atoms with van der Waals surface area (Å²) in [6, 6.07) is 12.4. The Morgan fingerprint density at radius 1 is 1.08 bits per heavy atom. The number of anilines is 2. The third-order valence-corrected chi connectivity index (χ3v) is 7.68. The highest BCUT2D eigenvalue weighted by atomic mass is 32.2. The van der Waals surface area contributed by atoms with Gasteiger partial charge in [0.1, 0.15) is 0 Å². The molecule has 190 valence electrons. The van der Waals surface area contributed by atoms with Crippen LogP contribution in [0.2, 0.25) is 0 Å². The van der Waals surface area contributed by atoms with Crippen molar-refractivity contribution in [3.63, 3.8) is 0 Å². The van der Waals surface area contributed by atoms with Crippen LogP contribution in [-0.2, 0) is 19.6 Å². The number of nitrogens with one attached hydrogen (secondary N) is 3. The number of aliphatic imine (C=N–C) groups is 1. The molecule has 0 unspecified atom stereocenters. The van der Waals surface area contributed by atoms with Gasteiger partial charge < -0.3 is 15.5 Å². The second kappa shape index (κ2) is 10.5. The van der Waals surface area contributed by atoms with Gasteiger partial charge in [-0.1, -0.05) is 37.1 Å². The van der Waals surface area contributed by atoms with Crippen molar-refractivity contribution in [1.29, 1.82) is 0 Å². The zero-order valence-electron chi connectivity index (χ0n) is 20.2. The van der Waals surface area contributed by atoms with Crippen molar-refractivity contribution in [3.8, 4) is 0 Å². The van der Waals surface area contributed by atoms with Crippen molar-refractivity contribution in [1.82, 2.24) is 10.0 Å². The largest absolute Gasteiger partial charge is 0.321 e. The SMILES string of the molecule is CCN1C(=O)[C@H](NC(=O)Nc2cccc(S(=O)(=O)NC(C)=O)c2)N=C(C2CCCC2)c2ccccc21. The zero-order chi connectivity index (χ0) is 25.9. The number of amides is 4. The first kappa shape index (κ1) is 25.4. The summed E-state index contributed by atoms with van der Waals surface area (Å²) in [5, 5.41) is 5.22. The number of benzodiazepines with no additional fused rings is 1. The highest BCUT2D eigenvalue weighted by molar-refractivity contribution is 7.90. The van der Waals surface area contributed by atoms with Crippen LogP contribution in [0.5, 0.6) is 0 Å². The zero-order valence-corrected chi connectivity index (χ0v) is 21.0. The number of fused-ring (bicyclic) bond motifs is 1. The fourth-order valence-electron chi connectivity index (χ4n) is 4.68. The van der Waals surface area contributed by atoms with Gasteiger partial charge in [-0.05, 0) is 44.0 Å². The molecule has 0 saturated heterocycles. The van der Waals surface area contributed by atoms with Gasteiger partial charge in [0.25, 0.3) is 15.9 Å². The number of likely N-dealkylation sites (N-methyl/N-ethyl adjacent to an activating group) is 1. The molecule has 0 bridgehead atoms. The second-order valence-electron chi connectivity index (χ2n) is 8.79. The Kier molecular flexibility index (Phi) is 7.39. The molecule has 0 radical (unpaired) electrons. The van der Waals surface area contributed by atoms with E-state index in [0.717, 1.165) is 49.6 Å². The monoisotopic (exact) mass is 511 g/mol. The van der Waals surface area contributed by atoms with Crippen LogP contribution in [-0.4, -0.2) is 44.7 Å². The van der Waals surface area contributed by atoms with Gasteiger partial charge in [-0.3, -0.25) is 14.6 Å². The molecule has 1 saturated carbocycles. The number of benzene rings is 2. The van der Waals surface area contributed by atoms with Crippen LogP contribution in [0.1, 0.15) is 45.1 Å². The second-order valence-corrected chi connectivity index (χ2v) is 10.5. The quantitative estimate of drug-likeness (QED) is 0.548. The number of rotatable bonds is 6. The van der Waals surface area contributed by atoms with Crippen LogP contribution in [0.4, 0.5) is 16.2 Å². The van der Waals surface area contributed by atoms with Gasteiger partial charge in [0.2, 0.25) is 12.1 Å². The molecule has 11 heteroatoms. The molecule has 1 aliphatic heterocycles. The average Bonchev–Trinajstić information content (AvgIpc) is 3.33. The van der Waals surface area contributed by atoms with Gasteiger partial charge in [0, 0.05) is 30.6 Å². The van der Waals surface area contributed by atoms with E-state index >= 15 is 0 Å². The molecule has 1 fully saturated rings. The maximum atomic E-state index is 13.4. The molecule has 2 aromatic carbocycles. The highest BCUT2D eigenvalue weighted by Gasteiger charge is 2.34. The normalized spacial score (nSPS) is 18.2. The van der Waals surface area contributed by atoms with Crippen molar-refractivity contribution in [2.24, 2.45) is 10.9 Å². The van der Waals surface area contributed by atoms with Crippen molar-refractivity contribution >= 4 is 45.0 Å². The number of hydrogen-bond donors (Lipinski definition) is 3. The molecule has 1 atom stereocenters. The topological polar surface area (TPSA) is 137 Å². The van der Waals surface area contributed by atoms with E-state index in [-0.39, 0.29) is 22.4 Å². The number of nitrogens with zero attached hydrogens (tertiary/aromatic N) is 2. The highest BCUT2D eigenvalue weighted by Crippen LogP contribution is 2.34. The summed E-state index contributed by atoms with van der Waals surface area (Å²) in [7, 11) is -4.07. The lowest BCUT2D eigenvalue weighted by Gasteiger charge is -2.24. The predicted molar refractivity (Wildman–Crippen MR) is 136 cm³/mol. The molecule has 4 rings (SSSR count). The van der Waals surface area contributed by atoms with Crippen LogP contribution in [0.25, 0.3) is 0 Å². The van der Waals surface area contributed by atoms with Gasteiger partial charge in [-0.15, -0.1) is 0 Å². The fourth-order valence-corrected chi connectivity index (χ4v) is 5.72. The lowest BCUT2D eigenvalue weighted by atomic mass is 9.94. The Hall–Kier alpha value is -3.73. The van der Waals surface area contributed by atoms with Crippen molar-refractivity contribution in [2.45, 2.75) is 50.6 Å². The number of hydrogen-bond acceptors (Lipinski definition) is 6. The van der Waals surface area contributed by atoms with Crippen molar-refractivity contribution < 1.29 is 22.8 Å². The summed E-state index contributed by atoms with van der Waals surface area (Å²) in [4.78, 5) is 43.7. The summed E-state index contributed by atoms with van der Waals surface area (Å²) in [6.45, 7) is 3.37. The number of carbonyl (C=O) groups is 3. The summed E-state index contributed by atoms with van der Waals surface area (Å²) >= 11 is 0. The fraction of sp³-hybridized carbons (Fsp3) is 0.360. The van der Waals surface area contributed by atoms with E-state index < -0.39 is 28.1 Å². The van der Waals surface area contributed by atoms with E-state index in [0.29, 0.717) is 6.54 Å². The third-order valence-electron chi connectivity index (χ3n) is 6.25. The van der Waals surface area contributed by atoms with Gasteiger partial charge in [0.15, 0.2) is 0 Å². The molecule has 10 nitrogen and oxygen atoms in total. The summed E-state index contributed by atoms with van der Waals surface area (Å²) < 4.78 is 26.5. The molecular weight excluding hydrogens is 482 g/mol. The number of carbonyl (C=O) groups excluding carboxylic acids is 3. The molecule has 0 aromatic heterocycles. The average molecular weight is 512 g/mol. The molecule has 1 heterocycles. The minimum absolute atomic E-state index is 0.177. The molecule has 2 aromatic rings. The van der Waals surface area contributed by atoms with Crippen LogP contribution >= 0.6 is 0 Å². The molecular formula is C25H29N5O5S. The minimum Gasteiger partial charge on any atom is -0.309 e. The first-order chi connectivity index (χ1) is 17.2. The van der Waals surface area contributed by atoms with Crippen molar-refractivity contribution in [2.75, 3.05) is 16.8 Å². The summed E-state index contributed by atoms with van der Waals surface area (Å²) in [5.41, 5.74) is 2.67. The van der Waals surface area contributed by atoms with Crippen LogP contribution < -0.4 is 20.3 Å². The Labute approximate surface area is 210 Å². The van der Waals surface area contributed by atoms with E-state index in [1.807, 2.05) is 35.9 Å². The smallest absolute Gasteiger partial charge is 0.309 e. The molecule has 4 amide bonds. The van der Waals surface area contributed by atoms with Crippen LogP contribution in [0.3, 0.4) is 0 Å². The molecule has 36 heavy (non-hydrogen) atoms. The number of para-hydroxylation sites is 1. The van der Waals surface area contributed by atoms with Gasteiger partial charge >= 0.3 is 6.03 Å². The first-order valence-electron chi connectivity index (χ1n) is 11.9. The first-order valence-corrected chi connectivity index (χ1v) is 13.4. The van der Waals surface area contributed by atoms with Crippen LogP contribution in [0, 0.1) is 5.92 Å². The van der Waals surface area contributed by atoms with E-state index in [1.165, 1.54) is 24.3 Å². The third kappa shape index (κ3) is 5.40. The predicted octanol–water partition coefficient (Wildman–Crippen LogP) is 3.01. The standard InChI is InChI=1S/C25H29N5O5S/c1-3-30-21-14-7-6-13-20(21)22(17-9-4-5-10-17)27-23(24(30)32)28-25(33)26-18-11-8-12-19(15-18)36(34,35)29-16(2)31/h6-8,11-15,17,23H,3-5,9-10H2,1-2H3,(H,29,31)(H2,26,28,33)/t23-/m0/s1. The Balaban J connectivity index is 1.59. The van der Waals surface area contributed by atoms with E-state index in [4.69, 9.17) is 4.99 Å². The molecule has 1 aliphatic carbocycles. The van der Waals surface area contributed by atoms with Gasteiger partial charge in [-0.2, -0.15) is 0 Å². The Morgan fingerprint density at radius 2 is 1.81 bits per heavy atom. The lowest BCUT2D eigenvalue weighted by Crippen LogP contribution is -2.48. The molecule has 2 aliphatic rings. The Bertz CT molecular complexity index is 1320. The van der Waals surface area contributed by atoms with E-state index in [9.17, 15) is 22.8 Å². The van der Waals surface area contributed by atoms with Crippen molar-refractivity contribution in [3.05, 3.63) is 54.1 Å². The van der Waals surface area contributed by atoms with Crippen LogP contribution in [0.15, 0.2) is 58.4 Å². The van der Waals surface area contributed by atoms with E-state index in [2.05, 4.69) is 10.6 Å². The summed E-state index contributed by atoms with van der Waals surface area (Å²) in [6.07, 6.45) is 2.99. The number of urea groups is 1. The number of sulfonamides is 1. The van der Waals surface area contributed by atoms with Gasteiger partial charge in [0.05, 0.1) is 16.3 Å². The maximum Gasteiger partial charge on any atom is 0.321 e. The van der Waals surface area contributed by atoms with Gasteiger partial charge in [-0.25, -0.2) is 17.9 Å².